The van der Waals surface area contributed by atoms with E-state index in [1.54, 1.807) is 24.1 Å². The van der Waals surface area contributed by atoms with E-state index in [2.05, 4.69) is 20.2 Å². The van der Waals surface area contributed by atoms with Gasteiger partial charge in [-0.3, -0.25) is 4.90 Å². The van der Waals surface area contributed by atoms with Gasteiger partial charge >= 0.3 is 6.09 Å². The number of rotatable bonds is 8. The molecule has 0 radical (unpaired) electrons. The molecule has 4 rings (SSSR count). The van der Waals surface area contributed by atoms with Gasteiger partial charge in [-0.05, 0) is 51.5 Å². The first kappa shape index (κ1) is 27.7. The van der Waals surface area contributed by atoms with Gasteiger partial charge in [-0.2, -0.15) is 0 Å². The van der Waals surface area contributed by atoms with Crippen molar-refractivity contribution >= 4 is 40.1 Å². The SMILES string of the molecule is COc1cc2ncnc(Nc3ccc(F)c(Cl)c3)c2cc1OCCCN1CCN(C(=O)OC(C)(C)C)CC1. The molecular formula is C27H33ClFN5O4. The summed E-state index contributed by atoms with van der Waals surface area (Å²) in [5.74, 6) is 1.19. The zero-order chi connectivity index (χ0) is 27.3. The van der Waals surface area contributed by atoms with Crippen molar-refractivity contribution in [3.8, 4) is 11.5 Å². The van der Waals surface area contributed by atoms with E-state index in [4.69, 9.17) is 25.8 Å². The number of benzene rings is 2. The molecule has 0 bridgehead atoms. The Morgan fingerprint density at radius 3 is 2.55 bits per heavy atom. The van der Waals surface area contributed by atoms with Crippen LogP contribution in [0.15, 0.2) is 36.7 Å². The highest BCUT2D eigenvalue weighted by molar-refractivity contribution is 6.31. The lowest BCUT2D eigenvalue weighted by Gasteiger charge is -2.35. The number of fused-ring (bicyclic) bond motifs is 1. The van der Waals surface area contributed by atoms with Crippen LogP contribution in [0, 0.1) is 5.82 Å². The number of aromatic nitrogens is 2. The summed E-state index contributed by atoms with van der Waals surface area (Å²) in [5.41, 5.74) is 0.775. The van der Waals surface area contributed by atoms with E-state index in [1.165, 1.54) is 18.5 Å². The molecule has 1 N–H and O–H groups in total. The van der Waals surface area contributed by atoms with Crippen molar-refractivity contribution in [2.45, 2.75) is 32.8 Å². The first-order chi connectivity index (χ1) is 18.1. The summed E-state index contributed by atoms with van der Waals surface area (Å²) in [5, 5.41) is 3.91. The first-order valence-electron chi connectivity index (χ1n) is 12.5. The van der Waals surface area contributed by atoms with Gasteiger partial charge in [-0.15, -0.1) is 0 Å². The average Bonchev–Trinajstić information content (AvgIpc) is 2.88. The number of methoxy groups -OCH3 is 1. The number of halogens is 2. The zero-order valence-electron chi connectivity index (χ0n) is 22.1. The van der Waals surface area contributed by atoms with Crippen LogP contribution in [0.1, 0.15) is 27.2 Å². The van der Waals surface area contributed by atoms with E-state index < -0.39 is 11.4 Å². The Bertz CT molecular complexity index is 1280. The molecule has 1 aromatic heterocycles. The number of nitrogens with zero attached hydrogens (tertiary/aromatic N) is 4. The van der Waals surface area contributed by atoms with Gasteiger partial charge in [0.1, 0.15) is 23.6 Å². The van der Waals surface area contributed by atoms with E-state index in [0.29, 0.717) is 48.2 Å². The molecule has 2 aromatic carbocycles. The van der Waals surface area contributed by atoms with Crippen molar-refractivity contribution in [1.29, 1.82) is 0 Å². The maximum absolute atomic E-state index is 13.6. The molecule has 0 spiro atoms. The van der Waals surface area contributed by atoms with Gasteiger partial charge in [-0.25, -0.2) is 19.2 Å². The number of amides is 1. The number of carbonyl (C=O) groups is 1. The largest absolute Gasteiger partial charge is 0.493 e. The van der Waals surface area contributed by atoms with Crippen LogP contribution >= 0.6 is 11.6 Å². The smallest absolute Gasteiger partial charge is 0.410 e. The highest BCUT2D eigenvalue weighted by atomic mass is 35.5. The Balaban J connectivity index is 1.35. The van der Waals surface area contributed by atoms with Crippen molar-refractivity contribution < 1.29 is 23.4 Å². The topological polar surface area (TPSA) is 89.1 Å². The monoisotopic (exact) mass is 545 g/mol. The van der Waals surface area contributed by atoms with Gasteiger partial charge in [0, 0.05) is 49.9 Å². The summed E-state index contributed by atoms with van der Waals surface area (Å²) in [6.07, 6.45) is 1.99. The Morgan fingerprint density at radius 2 is 1.87 bits per heavy atom. The molecule has 0 saturated carbocycles. The molecule has 1 aliphatic heterocycles. The number of hydrogen-bond acceptors (Lipinski definition) is 8. The molecular weight excluding hydrogens is 513 g/mol. The Kier molecular flexibility index (Phi) is 8.73. The molecule has 38 heavy (non-hydrogen) atoms. The van der Waals surface area contributed by atoms with Gasteiger partial charge in [0.15, 0.2) is 11.5 Å². The number of anilines is 2. The molecule has 0 unspecified atom stereocenters. The maximum atomic E-state index is 13.6. The molecule has 1 saturated heterocycles. The van der Waals surface area contributed by atoms with E-state index >= 15 is 0 Å². The standard InChI is InChI=1S/C27H33ClFN5O4/c1-27(2,3)38-26(35)34-11-9-33(10-12-34)8-5-13-37-24-15-19-22(16-23(24)36-4)30-17-31-25(19)32-18-6-7-21(29)20(28)14-18/h6-7,14-17H,5,8-13H2,1-4H3,(H,30,31,32). The molecule has 2 heterocycles. The minimum absolute atomic E-state index is 0.0188. The molecule has 11 heteroatoms. The van der Waals surface area contributed by atoms with Gasteiger partial charge in [-0.1, -0.05) is 11.6 Å². The fraction of sp³-hybridized carbons (Fsp3) is 0.444. The fourth-order valence-corrected chi connectivity index (χ4v) is 4.28. The number of hydrogen-bond donors (Lipinski definition) is 1. The summed E-state index contributed by atoms with van der Waals surface area (Å²) in [6, 6.07) is 8.01. The minimum Gasteiger partial charge on any atom is -0.493 e. The van der Waals surface area contributed by atoms with Gasteiger partial charge in [0.2, 0.25) is 0 Å². The fourth-order valence-electron chi connectivity index (χ4n) is 4.10. The Labute approximate surface area is 226 Å². The second-order valence-electron chi connectivity index (χ2n) is 10.0. The molecule has 3 aromatic rings. The molecule has 1 fully saturated rings. The summed E-state index contributed by atoms with van der Waals surface area (Å²) >= 11 is 5.92. The number of carbonyl (C=O) groups excluding carboxylic acids is 1. The lowest BCUT2D eigenvalue weighted by molar-refractivity contribution is 0.0142. The average molecular weight is 546 g/mol. The van der Waals surface area contributed by atoms with Crippen molar-refractivity contribution in [3.63, 3.8) is 0 Å². The van der Waals surface area contributed by atoms with E-state index in [1.807, 2.05) is 26.8 Å². The lowest BCUT2D eigenvalue weighted by Crippen LogP contribution is -2.50. The molecule has 1 amide bonds. The maximum Gasteiger partial charge on any atom is 0.410 e. The molecule has 0 aliphatic carbocycles. The van der Waals surface area contributed by atoms with Crippen LogP contribution in [0.3, 0.4) is 0 Å². The van der Waals surface area contributed by atoms with Crippen molar-refractivity contribution in [1.82, 2.24) is 19.8 Å². The second kappa shape index (κ2) is 12.0. The van der Waals surface area contributed by atoms with Crippen LogP contribution < -0.4 is 14.8 Å². The molecule has 0 atom stereocenters. The Hall–Kier alpha value is -3.37. The van der Waals surface area contributed by atoms with Crippen LogP contribution in [-0.4, -0.2) is 77.9 Å². The van der Waals surface area contributed by atoms with Crippen LogP contribution in [0.25, 0.3) is 10.9 Å². The third-order valence-electron chi connectivity index (χ3n) is 6.00. The minimum atomic E-state index is -0.493. The highest BCUT2D eigenvalue weighted by Gasteiger charge is 2.25. The predicted octanol–water partition coefficient (Wildman–Crippen LogP) is 5.50. The summed E-state index contributed by atoms with van der Waals surface area (Å²) in [4.78, 5) is 25.0. The third kappa shape index (κ3) is 7.14. The zero-order valence-corrected chi connectivity index (χ0v) is 22.8. The summed E-state index contributed by atoms with van der Waals surface area (Å²) in [6.45, 7) is 9.81. The number of nitrogens with one attached hydrogen (secondary N) is 1. The first-order valence-corrected chi connectivity index (χ1v) is 12.9. The van der Waals surface area contributed by atoms with E-state index in [9.17, 15) is 9.18 Å². The van der Waals surface area contributed by atoms with Crippen LogP contribution in [0.4, 0.5) is 20.7 Å². The quantitative estimate of drug-likeness (QED) is 0.371. The van der Waals surface area contributed by atoms with Crippen molar-refractivity contribution in [3.05, 3.63) is 47.5 Å². The molecule has 1 aliphatic rings. The summed E-state index contributed by atoms with van der Waals surface area (Å²) < 4.78 is 30.6. The van der Waals surface area contributed by atoms with Crippen LogP contribution in [-0.2, 0) is 4.74 Å². The highest BCUT2D eigenvalue weighted by Crippen LogP contribution is 2.35. The van der Waals surface area contributed by atoms with Crippen molar-refractivity contribution in [2.24, 2.45) is 0 Å². The lowest BCUT2D eigenvalue weighted by atomic mass is 10.2. The third-order valence-corrected chi connectivity index (χ3v) is 6.29. The molecule has 9 nitrogen and oxygen atoms in total. The van der Waals surface area contributed by atoms with Crippen LogP contribution in [0.5, 0.6) is 11.5 Å². The van der Waals surface area contributed by atoms with Gasteiger partial charge in [0.25, 0.3) is 0 Å². The van der Waals surface area contributed by atoms with E-state index in [0.717, 1.165) is 31.4 Å². The normalized spacial score (nSPS) is 14.4. The van der Waals surface area contributed by atoms with Gasteiger partial charge < -0.3 is 24.4 Å². The van der Waals surface area contributed by atoms with E-state index in [-0.39, 0.29) is 11.1 Å². The predicted molar refractivity (Wildman–Crippen MR) is 145 cm³/mol. The summed E-state index contributed by atoms with van der Waals surface area (Å²) in [7, 11) is 1.58. The number of ether oxygens (including phenoxy) is 3. The van der Waals surface area contributed by atoms with Crippen molar-refractivity contribution in [2.75, 3.05) is 51.8 Å². The van der Waals surface area contributed by atoms with Gasteiger partial charge in [0.05, 0.1) is 24.3 Å². The van der Waals surface area contributed by atoms with Crippen LogP contribution in [0.2, 0.25) is 5.02 Å². The Morgan fingerprint density at radius 1 is 1.11 bits per heavy atom. The second-order valence-corrected chi connectivity index (χ2v) is 10.4. The number of piperazine rings is 1. The molecule has 204 valence electrons.